The number of hydrogen-bond donors (Lipinski definition) is 2. The fourth-order valence-electron chi connectivity index (χ4n) is 1.75. The lowest BCUT2D eigenvalue weighted by Crippen LogP contribution is -2.25. The lowest BCUT2D eigenvalue weighted by Gasteiger charge is -2.08. The van der Waals surface area contributed by atoms with E-state index in [2.05, 4.69) is 5.32 Å². The van der Waals surface area contributed by atoms with Gasteiger partial charge in [-0.2, -0.15) is 13.2 Å². The van der Waals surface area contributed by atoms with Crippen molar-refractivity contribution in [1.82, 2.24) is 5.32 Å². The molecule has 0 aliphatic heterocycles. The Bertz CT molecular complexity index is 500. The number of carbonyl (C=O) groups excluding carboxylic acids is 1. The van der Waals surface area contributed by atoms with Crippen LogP contribution in [0.15, 0.2) is 24.3 Å². The Morgan fingerprint density at radius 2 is 1.90 bits per heavy atom. The van der Waals surface area contributed by atoms with Crippen molar-refractivity contribution in [3.8, 4) is 0 Å². The van der Waals surface area contributed by atoms with Crippen LogP contribution in [0.4, 0.5) is 13.2 Å². The molecule has 0 atom stereocenters. The first-order valence-corrected chi connectivity index (χ1v) is 6.43. The summed E-state index contributed by atoms with van der Waals surface area (Å²) in [7, 11) is 0. The van der Waals surface area contributed by atoms with Crippen LogP contribution in [-0.4, -0.2) is 23.5 Å². The third-order valence-corrected chi connectivity index (χ3v) is 2.78. The molecule has 0 spiro atoms. The lowest BCUT2D eigenvalue weighted by atomic mass is 10.0. The van der Waals surface area contributed by atoms with E-state index >= 15 is 0 Å². The molecule has 116 valence electrons. The molecule has 0 saturated heterocycles. The van der Waals surface area contributed by atoms with Crippen LogP contribution in [0.25, 0.3) is 0 Å². The highest BCUT2D eigenvalue weighted by Gasteiger charge is 2.30. The molecule has 4 nitrogen and oxygen atoms in total. The summed E-state index contributed by atoms with van der Waals surface area (Å²) in [4.78, 5) is 21.6. The minimum absolute atomic E-state index is 0.0533. The molecule has 0 aliphatic carbocycles. The molecule has 2 N–H and O–H groups in total. The van der Waals surface area contributed by atoms with Gasteiger partial charge in [0.2, 0.25) is 5.91 Å². The van der Waals surface area contributed by atoms with Gasteiger partial charge < -0.3 is 10.4 Å². The number of nitrogens with one attached hydrogen (secondary N) is 1. The molecular weight excluding hydrogens is 287 g/mol. The van der Waals surface area contributed by atoms with Gasteiger partial charge in [0.1, 0.15) is 0 Å². The molecule has 21 heavy (non-hydrogen) atoms. The lowest BCUT2D eigenvalue weighted by molar-refractivity contribution is -0.138. The number of halogens is 3. The van der Waals surface area contributed by atoms with Gasteiger partial charge in [-0.1, -0.05) is 18.2 Å². The predicted octanol–water partition coefficient (Wildman–Crippen LogP) is 2.62. The quantitative estimate of drug-likeness (QED) is 0.813. The fourth-order valence-corrected chi connectivity index (χ4v) is 1.75. The van der Waals surface area contributed by atoms with E-state index in [9.17, 15) is 22.8 Å². The van der Waals surface area contributed by atoms with E-state index in [1.165, 1.54) is 6.07 Å². The van der Waals surface area contributed by atoms with Crippen LogP contribution < -0.4 is 5.32 Å². The zero-order valence-electron chi connectivity index (χ0n) is 11.2. The molecule has 0 aromatic heterocycles. The van der Waals surface area contributed by atoms with E-state index in [4.69, 9.17) is 5.11 Å². The van der Waals surface area contributed by atoms with E-state index < -0.39 is 17.7 Å². The zero-order valence-corrected chi connectivity index (χ0v) is 11.2. The minimum Gasteiger partial charge on any atom is -0.481 e. The maximum absolute atomic E-state index is 12.5. The monoisotopic (exact) mass is 303 g/mol. The Balaban J connectivity index is 2.36. The highest BCUT2D eigenvalue weighted by atomic mass is 19.4. The number of benzene rings is 1. The second kappa shape index (κ2) is 7.66. The largest absolute Gasteiger partial charge is 0.481 e. The van der Waals surface area contributed by atoms with E-state index in [0.29, 0.717) is 18.4 Å². The fraction of sp³-hybridized carbons (Fsp3) is 0.429. The van der Waals surface area contributed by atoms with Gasteiger partial charge in [0, 0.05) is 13.0 Å². The number of carboxylic acid groups (broad SMARTS) is 1. The smallest absolute Gasteiger partial charge is 0.416 e. The molecule has 1 aromatic rings. The summed E-state index contributed by atoms with van der Waals surface area (Å²) in [5.41, 5.74) is -0.186. The van der Waals surface area contributed by atoms with Crippen LogP contribution in [0.5, 0.6) is 0 Å². The van der Waals surface area contributed by atoms with Crippen molar-refractivity contribution in [1.29, 1.82) is 0 Å². The van der Waals surface area contributed by atoms with Crippen LogP contribution in [-0.2, 0) is 22.2 Å². The molecule has 1 rings (SSSR count). The summed E-state index contributed by atoms with van der Waals surface area (Å²) in [6.45, 7) is 0.0533. The minimum atomic E-state index is -4.37. The van der Waals surface area contributed by atoms with E-state index in [0.717, 1.165) is 12.1 Å². The first-order chi connectivity index (χ1) is 9.79. The summed E-state index contributed by atoms with van der Waals surface area (Å²) >= 11 is 0. The maximum Gasteiger partial charge on any atom is 0.416 e. The number of carbonyl (C=O) groups is 2. The Hall–Kier alpha value is -2.05. The van der Waals surface area contributed by atoms with Crippen LogP contribution >= 0.6 is 0 Å². The zero-order chi connectivity index (χ0) is 15.9. The molecule has 0 fully saturated rings. The average Bonchev–Trinajstić information content (AvgIpc) is 2.37. The van der Waals surface area contributed by atoms with E-state index in [1.807, 2.05) is 0 Å². The van der Waals surface area contributed by atoms with E-state index in [-0.39, 0.29) is 25.3 Å². The molecule has 0 bridgehead atoms. The molecule has 7 heteroatoms. The summed E-state index contributed by atoms with van der Waals surface area (Å²) in [5, 5.41) is 10.8. The Kier molecular flexibility index (Phi) is 6.20. The maximum atomic E-state index is 12.5. The number of carboxylic acids is 1. The number of aryl methyl sites for hydroxylation is 1. The normalized spacial score (nSPS) is 11.2. The van der Waals surface area contributed by atoms with Gasteiger partial charge in [-0.05, 0) is 24.5 Å². The third-order valence-electron chi connectivity index (χ3n) is 2.78. The highest BCUT2D eigenvalue weighted by molar-refractivity contribution is 5.76. The number of alkyl halides is 3. The second-order valence-corrected chi connectivity index (χ2v) is 4.55. The first kappa shape index (κ1) is 17.0. The Morgan fingerprint density at radius 3 is 2.52 bits per heavy atom. The van der Waals surface area contributed by atoms with Gasteiger partial charge in [0.05, 0.1) is 12.0 Å². The van der Waals surface area contributed by atoms with Crippen molar-refractivity contribution in [2.75, 3.05) is 6.54 Å². The van der Waals surface area contributed by atoms with Crippen molar-refractivity contribution >= 4 is 11.9 Å². The van der Waals surface area contributed by atoms with Crippen molar-refractivity contribution in [3.63, 3.8) is 0 Å². The Labute approximate surface area is 120 Å². The van der Waals surface area contributed by atoms with E-state index in [1.54, 1.807) is 6.07 Å². The molecule has 0 radical (unpaired) electrons. The van der Waals surface area contributed by atoms with Crippen molar-refractivity contribution in [2.45, 2.75) is 31.9 Å². The van der Waals surface area contributed by atoms with Gasteiger partial charge in [0.15, 0.2) is 0 Å². The summed E-state index contributed by atoms with van der Waals surface area (Å²) < 4.78 is 37.5. The summed E-state index contributed by atoms with van der Waals surface area (Å²) in [5.74, 6) is -1.30. The van der Waals surface area contributed by atoms with Crippen LogP contribution in [0.1, 0.15) is 30.4 Å². The second-order valence-electron chi connectivity index (χ2n) is 4.55. The standard InChI is InChI=1S/C14H16F3NO3/c15-14(16,17)11-5-1-3-10(9-11)4-2-6-12(19)18-8-7-13(20)21/h1,3,5,9H,2,4,6-8H2,(H,18,19)(H,20,21). The van der Waals surface area contributed by atoms with Gasteiger partial charge >= 0.3 is 12.1 Å². The molecule has 0 aliphatic rings. The van der Waals surface area contributed by atoms with Crippen molar-refractivity contribution < 1.29 is 27.9 Å². The van der Waals surface area contributed by atoms with Gasteiger partial charge in [0.25, 0.3) is 0 Å². The summed E-state index contributed by atoms with van der Waals surface area (Å²) in [6.07, 6.45) is -3.62. The van der Waals surface area contributed by atoms with Crippen molar-refractivity contribution in [2.24, 2.45) is 0 Å². The molecule has 1 aromatic carbocycles. The molecule has 0 unspecified atom stereocenters. The predicted molar refractivity (Wildman–Crippen MR) is 69.6 cm³/mol. The van der Waals surface area contributed by atoms with Crippen LogP contribution in [0, 0.1) is 0 Å². The number of rotatable bonds is 7. The van der Waals surface area contributed by atoms with Gasteiger partial charge in [-0.3, -0.25) is 9.59 Å². The Morgan fingerprint density at radius 1 is 1.19 bits per heavy atom. The third kappa shape index (κ3) is 6.78. The molecule has 0 heterocycles. The molecule has 1 amide bonds. The van der Waals surface area contributed by atoms with Crippen molar-refractivity contribution in [3.05, 3.63) is 35.4 Å². The van der Waals surface area contributed by atoms with Crippen LogP contribution in [0.2, 0.25) is 0 Å². The molecule has 0 saturated carbocycles. The number of hydrogen-bond acceptors (Lipinski definition) is 2. The number of amides is 1. The van der Waals surface area contributed by atoms with Gasteiger partial charge in [-0.25, -0.2) is 0 Å². The summed E-state index contributed by atoms with van der Waals surface area (Å²) in [6, 6.07) is 4.99. The van der Waals surface area contributed by atoms with Gasteiger partial charge in [-0.15, -0.1) is 0 Å². The SMILES string of the molecule is O=C(O)CCNC(=O)CCCc1cccc(C(F)(F)F)c1. The molecular formula is C14H16F3NO3. The van der Waals surface area contributed by atoms with Crippen LogP contribution in [0.3, 0.4) is 0 Å². The number of aliphatic carboxylic acids is 1. The highest BCUT2D eigenvalue weighted by Crippen LogP contribution is 2.29. The average molecular weight is 303 g/mol. The first-order valence-electron chi connectivity index (χ1n) is 6.43. The topological polar surface area (TPSA) is 66.4 Å².